The smallest absolute Gasteiger partial charge is 0.326 e. The van der Waals surface area contributed by atoms with Crippen LogP contribution >= 0.6 is 0 Å². The maximum absolute atomic E-state index is 13.5. The van der Waals surface area contributed by atoms with Crippen LogP contribution in [-0.4, -0.2) is 218 Å². The molecule has 410 valence electrons. The number of carbonyl (C=O) groups is 10. The van der Waals surface area contributed by atoms with E-state index in [1.165, 1.54) is 34.6 Å². The summed E-state index contributed by atoms with van der Waals surface area (Å²) in [5.74, 6) is -9.42. The molecule has 30 nitrogen and oxygen atoms in total. The number of carbonyl (C=O) groups excluding carboxylic acids is 8. The van der Waals surface area contributed by atoms with Crippen LogP contribution in [0.2, 0.25) is 0 Å². The van der Waals surface area contributed by atoms with Crippen LogP contribution in [0.5, 0.6) is 0 Å². The fraction of sp³-hybridized carbons (Fsp3) is 0.762. The van der Waals surface area contributed by atoms with E-state index in [-0.39, 0.29) is 19.4 Å². The van der Waals surface area contributed by atoms with E-state index >= 15 is 0 Å². The van der Waals surface area contributed by atoms with Crippen molar-refractivity contribution in [1.82, 2.24) is 42.5 Å². The van der Waals surface area contributed by atoms with Gasteiger partial charge in [0.25, 0.3) is 0 Å². The number of aliphatic carboxylic acids is 2. The second-order valence-corrected chi connectivity index (χ2v) is 17.4. The lowest BCUT2D eigenvalue weighted by molar-refractivity contribution is -0.333. The molecule has 17 unspecified atom stereocenters. The number of amides is 8. The largest absolute Gasteiger partial charge is 0.480 e. The maximum Gasteiger partial charge on any atom is 0.326 e. The first-order chi connectivity index (χ1) is 33.6. The van der Waals surface area contributed by atoms with Crippen molar-refractivity contribution < 1.29 is 103 Å². The second kappa shape index (κ2) is 29.7. The number of unbranched alkanes of at least 4 members (excludes halogenated alkanes) is 1. The summed E-state index contributed by atoms with van der Waals surface area (Å²) in [7, 11) is 0. The van der Waals surface area contributed by atoms with Gasteiger partial charge in [0.05, 0.1) is 19.3 Å². The molecule has 0 spiro atoms. The van der Waals surface area contributed by atoms with Gasteiger partial charge in [-0.3, -0.25) is 43.2 Å². The topological polar surface area (TPSA) is 471 Å². The van der Waals surface area contributed by atoms with Crippen molar-refractivity contribution in [3.8, 4) is 0 Å². The summed E-state index contributed by atoms with van der Waals surface area (Å²) in [6.07, 6.45) is -15.6. The monoisotopic (exact) mass is 1040 g/mol. The summed E-state index contributed by atoms with van der Waals surface area (Å²) < 4.78 is 23.2. The zero-order valence-corrected chi connectivity index (χ0v) is 40.9. The highest BCUT2D eigenvalue weighted by molar-refractivity contribution is 5.94. The van der Waals surface area contributed by atoms with Crippen molar-refractivity contribution in [2.24, 2.45) is 5.73 Å². The first-order valence-corrected chi connectivity index (χ1v) is 23.0. The van der Waals surface area contributed by atoms with Gasteiger partial charge in [0, 0.05) is 26.8 Å². The SMILES string of the molecule is CC(=O)NC1C(OC2C(CO)OC(O)C(NC(C)=O)C2OC(C)C(=O)NC(C)C(=O)NC(CCC(=O)NC(CCCCNC(=O)C(C)N)C(=O)NC(C)C(=O)NC(C)C(=O)O)C(=O)O)OC(CO)C(O)C1O. The molecular formula is C42H71N9O21. The second-order valence-electron chi connectivity index (χ2n) is 17.4. The molecule has 0 aliphatic carbocycles. The number of ether oxygens (including phenoxy) is 4. The molecule has 2 rings (SSSR count). The molecule has 0 aromatic carbocycles. The Balaban J connectivity index is 2.21. The molecule has 72 heavy (non-hydrogen) atoms. The standard InChI is InChI=1S/C42H71N9O21/c1-16(43)34(59)44-13-9-8-10-23(38(63)46-17(2)35(60)47-19(4)39(64)65)50-27(56)12-11-24(40(66)67)51-36(61)18(3)45-37(62)20(5)69-33-29(49-22(7)55)41(68)70-26(15-53)32(33)72-42-28(48-21(6)54)31(58)30(57)25(14-52)71-42/h16-20,23-26,28-33,41-42,52-53,57-58,68H,8-15,43H2,1-7H3,(H,44,59)(H,45,62)(H,46,63)(H,47,60)(H,48,54)(H,49,55)(H,50,56)(H,51,61)(H,64,65)(H,66,67). The van der Waals surface area contributed by atoms with Crippen molar-refractivity contribution >= 4 is 59.2 Å². The molecule has 8 amide bonds. The highest BCUT2D eigenvalue weighted by atomic mass is 16.7. The van der Waals surface area contributed by atoms with Gasteiger partial charge in [-0.2, -0.15) is 0 Å². The molecule has 2 aliphatic rings. The van der Waals surface area contributed by atoms with E-state index in [0.717, 1.165) is 13.8 Å². The van der Waals surface area contributed by atoms with Crippen LogP contribution in [0.25, 0.3) is 0 Å². The van der Waals surface area contributed by atoms with E-state index in [4.69, 9.17) is 29.8 Å². The average Bonchev–Trinajstić information content (AvgIpc) is 3.30. The fourth-order valence-corrected chi connectivity index (χ4v) is 7.21. The van der Waals surface area contributed by atoms with Gasteiger partial charge in [-0.25, -0.2) is 4.79 Å². The minimum atomic E-state index is -1.91. The molecule has 2 fully saturated rings. The number of carboxylic acids is 2. The normalized spacial score (nSPS) is 26.8. The Hall–Kier alpha value is -5.70. The summed E-state index contributed by atoms with van der Waals surface area (Å²) in [6.45, 7) is 6.90. The van der Waals surface area contributed by atoms with Crippen LogP contribution in [0.1, 0.15) is 80.6 Å². The maximum atomic E-state index is 13.5. The Morgan fingerprint density at radius 2 is 1.15 bits per heavy atom. The van der Waals surface area contributed by atoms with Gasteiger partial charge in [0.1, 0.15) is 85.0 Å². The van der Waals surface area contributed by atoms with Crippen molar-refractivity contribution in [2.75, 3.05) is 19.8 Å². The summed E-state index contributed by atoms with van der Waals surface area (Å²) in [4.78, 5) is 125. The van der Waals surface area contributed by atoms with Crippen LogP contribution < -0.4 is 48.3 Å². The molecular weight excluding hydrogens is 967 g/mol. The van der Waals surface area contributed by atoms with E-state index in [1.807, 2.05) is 0 Å². The van der Waals surface area contributed by atoms with E-state index < -0.39 is 189 Å². The van der Waals surface area contributed by atoms with Crippen LogP contribution in [0.4, 0.5) is 0 Å². The number of hydrogen-bond acceptors (Lipinski definition) is 20. The van der Waals surface area contributed by atoms with E-state index in [9.17, 15) is 78.6 Å². The number of nitrogens with one attached hydrogen (secondary N) is 8. The van der Waals surface area contributed by atoms with Crippen molar-refractivity contribution in [3.05, 3.63) is 0 Å². The molecule has 2 aliphatic heterocycles. The van der Waals surface area contributed by atoms with Gasteiger partial charge in [0.15, 0.2) is 12.6 Å². The first-order valence-electron chi connectivity index (χ1n) is 23.0. The minimum absolute atomic E-state index is 0.0309. The molecule has 0 aromatic rings. The third-order valence-corrected chi connectivity index (χ3v) is 11.3. The van der Waals surface area contributed by atoms with Crippen LogP contribution in [0.15, 0.2) is 0 Å². The van der Waals surface area contributed by atoms with E-state index in [1.54, 1.807) is 0 Å². The Bertz CT molecular complexity index is 1900. The van der Waals surface area contributed by atoms with Gasteiger partial charge < -0.3 is 103 Å². The Kier molecular flexibility index (Phi) is 25.8. The lowest BCUT2D eigenvalue weighted by Crippen LogP contribution is -2.70. The number of aliphatic hydroxyl groups excluding tert-OH is 5. The zero-order valence-electron chi connectivity index (χ0n) is 40.9. The molecule has 0 radical (unpaired) electrons. The van der Waals surface area contributed by atoms with Gasteiger partial charge in [-0.15, -0.1) is 0 Å². The molecule has 17 N–H and O–H groups in total. The Labute approximate surface area is 413 Å². The number of aliphatic hydroxyl groups is 5. The predicted molar refractivity (Wildman–Crippen MR) is 242 cm³/mol. The fourth-order valence-electron chi connectivity index (χ4n) is 7.21. The molecule has 0 saturated carbocycles. The highest BCUT2D eigenvalue weighted by Crippen LogP contribution is 2.31. The number of hydrogen-bond donors (Lipinski definition) is 16. The number of nitrogens with two attached hydrogens (primary N) is 1. The molecule has 2 heterocycles. The summed E-state index contributed by atoms with van der Waals surface area (Å²) in [6, 6.07) is -10.9. The van der Waals surface area contributed by atoms with Crippen molar-refractivity contribution in [2.45, 2.75) is 184 Å². The molecule has 2 saturated heterocycles. The lowest BCUT2D eigenvalue weighted by Gasteiger charge is -2.48. The zero-order chi connectivity index (χ0) is 54.7. The van der Waals surface area contributed by atoms with E-state index in [2.05, 4.69) is 42.5 Å². The lowest BCUT2D eigenvalue weighted by atomic mass is 9.94. The van der Waals surface area contributed by atoms with Gasteiger partial charge in [0.2, 0.25) is 47.3 Å². The third kappa shape index (κ3) is 19.4. The Morgan fingerprint density at radius 1 is 0.597 bits per heavy atom. The minimum Gasteiger partial charge on any atom is -0.480 e. The molecule has 17 atom stereocenters. The van der Waals surface area contributed by atoms with Crippen LogP contribution in [-0.2, 0) is 66.9 Å². The quantitative estimate of drug-likeness (QED) is 0.0324. The molecule has 30 heteroatoms. The summed E-state index contributed by atoms with van der Waals surface area (Å²) >= 11 is 0. The van der Waals surface area contributed by atoms with Crippen LogP contribution in [0, 0.1) is 0 Å². The predicted octanol–water partition coefficient (Wildman–Crippen LogP) is -7.63. The van der Waals surface area contributed by atoms with Gasteiger partial charge in [-0.1, -0.05) is 0 Å². The average molecular weight is 1040 g/mol. The summed E-state index contributed by atoms with van der Waals surface area (Å²) in [5, 5.41) is 90.3. The first kappa shape index (κ1) is 62.4. The number of carboxylic acid groups (broad SMARTS) is 2. The van der Waals surface area contributed by atoms with Gasteiger partial charge in [-0.05, 0) is 60.3 Å². The van der Waals surface area contributed by atoms with Crippen molar-refractivity contribution in [1.29, 1.82) is 0 Å². The molecule has 0 aromatic heterocycles. The highest BCUT2D eigenvalue weighted by Gasteiger charge is 2.53. The van der Waals surface area contributed by atoms with Crippen LogP contribution in [0.3, 0.4) is 0 Å². The molecule has 0 bridgehead atoms. The third-order valence-electron chi connectivity index (χ3n) is 11.3. The summed E-state index contributed by atoms with van der Waals surface area (Å²) in [5.41, 5.74) is 5.54. The van der Waals surface area contributed by atoms with E-state index in [0.29, 0.717) is 6.42 Å². The van der Waals surface area contributed by atoms with Gasteiger partial charge >= 0.3 is 11.9 Å². The number of rotatable bonds is 28. The Morgan fingerprint density at radius 3 is 1.69 bits per heavy atom. The van der Waals surface area contributed by atoms with Crippen molar-refractivity contribution in [3.63, 3.8) is 0 Å².